The predicted octanol–water partition coefficient (Wildman–Crippen LogP) is 3.00. The lowest BCUT2D eigenvalue weighted by Crippen LogP contribution is -2.30. The number of hydrogen-bond donors (Lipinski definition) is 1. The minimum atomic E-state index is 0.273. The lowest BCUT2D eigenvalue weighted by Gasteiger charge is -2.30. The van der Waals surface area contributed by atoms with Crippen molar-refractivity contribution >= 4 is 5.95 Å². The van der Waals surface area contributed by atoms with Gasteiger partial charge in [-0.2, -0.15) is 4.98 Å². The zero-order valence-corrected chi connectivity index (χ0v) is 13.8. The molecule has 0 saturated carbocycles. The summed E-state index contributed by atoms with van der Waals surface area (Å²) in [6, 6.07) is 0. The predicted molar refractivity (Wildman–Crippen MR) is 85.3 cm³/mol. The normalized spacial score (nSPS) is 18.0. The van der Waals surface area contributed by atoms with Crippen LogP contribution in [0.3, 0.4) is 0 Å². The molecule has 1 fully saturated rings. The Morgan fingerprint density at radius 3 is 2.52 bits per heavy atom. The molecule has 0 spiro atoms. The number of aryl methyl sites for hydroxylation is 1. The molecule has 0 bridgehead atoms. The van der Waals surface area contributed by atoms with E-state index in [2.05, 4.69) is 35.8 Å². The van der Waals surface area contributed by atoms with Gasteiger partial charge in [0.05, 0.1) is 0 Å². The van der Waals surface area contributed by atoms with Gasteiger partial charge < -0.3 is 15.2 Å². The molecule has 1 atom stereocenters. The number of hydrogen-bond acceptors (Lipinski definition) is 5. The van der Waals surface area contributed by atoms with Crippen LogP contribution < -0.4 is 10.6 Å². The van der Waals surface area contributed by atoms with Crippen LogP contribution in [-0.2, 0) is 6.42 Å². The second-order valence-corrected chi connectivity index (χ2v) is 7.21. The van der Waals surface area contributed by atoms with Crippen molar-refractivity contribution in [3.05, 3.63) is 5.89 Å². The molecule has 1 aliphatic rings. The molecule has 1 aliphatic heterocycles. The SMILES string of the molecule is CC(C)(C)C(CCN)CCc1nc(N2CCCCC2)no1. The molecule has 120 valence electrons. The Balaban J connectivity index is 1.89. The van der Waals surface area contributed by atoms with E-state index in [1.165, 1.54) is 19.3 Å². The average molecular weight is 294 g/mol. The summed E-state index contributed by atoms with van der Waals surface area (Å²) in [7, 11) is 0. The van der Waals surface area contributed by atoms with Crippen LogP contribution in [0, 0.1) is 11.3 Å². The van der Waals surface area contributed by atoms with Crippen molar-refractivity contribution in [3.63, 3.8) is 0 Å². The van der Waals surface area contributed by atoms with Gasteiger partial charge in [-0.05, 0) is 55.1 Å². The third-order valence-electron chi connectivity index (χ3n) is 4.54. The Kier molecular flexibility index (Phi) is 5.62. The second-order valence-electron chi connectivity index (χ2n) is 7.21. The summed E-state index contributed by atoms with van der Waals surface area (Å²) >= 11 is 0. The lowest BCUT2D eigenvalue weighted by molar-refractivity contribution is 0.208. The molecule has 21 heavy (non-hydrogen) atoms. The summed E-state index contributed by atoms with van der Waals surface area (Å²) in [6.45, 7) is 9.68. The van der Waals surface area contributed by atoms with Crippen molar-refractivity contribution in [2.75, 3.05) is 24.5 Å². The number of aromatic nitrogens is 2. The maximum Gasteiger partial charge on any atom is 0.266 e. The van der Waals surface area contributed by atoms with Crippen LogP contribution in [0.1, 0.15) is 58.8 Å². The monoisotopic (exact) mass is 294 g/mol. The largest absolute Gasteiger partial charge is 0.338 e. The molecule has 0 aromatic carbocycles. The van der Waals surface area contributed by atoms with Crippen molar-refractivity contribution in [2.24, 2.45) is 17.1 Å². The number of rotatable bonds is 6. The van der Waals surface area contributed by atoms with Gasteiger partial charge in [0.25, 0.3) is 5.95 Å². The van der Waals surface area contributed by atoms with Crippen LogP contribution in [0.5, 0.6) is 0 Å². The zero-order chi connectivity index (χ0) is 15.3. The fraction of sp³-hybridized carbons (Fsp3) is 0.875. The number of piperidine rings is 1. The van der Waals surface area contributed by atoms with Gasteiger partial charge in [-0.15, -0.1) is 0 Å². The topological polar surface area (TPSA) is 68.2 Å². The van der Waals surface area contributed by atoms with Gasteiger partial charge in [-0.1, -0.05) is 20.8 Å². The highest BCUT2D eigenvalue weighted by Crippen LogP contribution is 2.32. The highest BCUT2D eigenvalue weighted by Gasteiger charge is 2.24. The molecule has 5 heteroatoms. The van der Waals surface area contributed by atoms with Gasteiger partial charge in [0.2, 0.25) is 5.89 Å². The highest BCUT2D eigenvalue weighted by molar-refractivity contribution is 5.27. The minimum Gasteiger partial charge on any atom is -0.338 e. The Morgan fingerprint density at radius 1 is 1.19 bits per heavy atom. The first-order chi connectivity index (χ1) is 10.0. The fourth-order valence-electron chi connectivity index (χ4n) is 3.08. The summed E-state index contributed by atoms with van der Waals surface area (Å²) in [5, 5.41) is 4.14. The van der Waals surface area contributed by atoms with E-state index in [9.17, 15) is 0 Å². The van der Waals surface area contributed by atoms with Crippen LogP contribution in [0.15, 0.2) is 4.52 Å². The van der Waals surface area contributed by atoms with Gasteiger partial charge in [-0.25, -0.2) is 0 Å². The van der Waals surface area contributed by atoms with E-state index in [4.69, 9.17) is 10.3 Å². The van der Waals surface area contributed by atoms with E-state index in [0.717, 1.165) is 50.7 Å². The molecule has 0 radical (unpaired) electrons. The maximum absolute atomic E-state index is 5.74. The second kappa shape index (κ2) is 7.25. The quantitative estimate of drug-likeness (QED) is 0.873. The summed E-state index contributed by atoms with van der Waals surface area (Å²) in [5.74, 6) is 2.13. The summed E-state index contributed by atoms with van der Waals surface area (Å²) in [4.78, 5) is 6.80. The molecule has 2 rings (SSSR count). The van der Waals surface area contributed by atoms with Gasteiger partial charge in [0.15, 0.2) is 0 Å². The molecule has 1 aromatic heterocycles. The van der Waals surface area contributed by atoms with Crippen LogP contribution in [-0.4, -0.2) is 29.8 Å². The highest BCUT2D eigenvalue weighted by atomic mass is 16.5. The standard InChI is InChI=1S/C16H30N4O/c1-16(2,3)13(9-10-17)7-8-14-18-15(19-21-14)20-11-5-4-6-12-20/h13H,4-12,17H2,1-3H3. The molecule has 0 amide bonds. The Morgan fingerprint density at radius 2 is 1.90 bits per heavy atom. The summed E-state index contributed by atoms with van der Waals surface area (Å²) < 4.78 is 5.43. The Bertz CT molecular complexity index is 418. The Hall–Kier alpha value is -1.10. The minimum absolute atomic E-state index is 0.273. The molecular weight excluding hydrogens is 264 g/mol. The van der Waals surface area contributed by atoms with Crippen molar-refractivity contribution < 1.29 is 4.52 Å². The van der Waals surface area contributed by atoms with E-state index in [-0.39, 0.29) is 5.41 Å². The number of anilines is 1. The van der Waals surface area contributed by atoms with E-state index in [1.807, 2.05) is 0 Å². The third-order valence-corrected chi connectivity index (χ3v) is 4.54. The third kappa shape index (κ3) is 4.70. The van der Waals surface area contributed by atoms with Crippen molar-refractivity contribution in [3.8, 4) is 0 Å². The number of nitrogens with two attached hydrogens (primary N) is 1. The van der Waals surface area contributed by atoms with Crippen LogP contribution >= 0.6 is 0 Å². The molecule has 5 nitrogen and oxygen atoms in total. The van der Waals surface area contributed by atoms with Gasteiger partial charge in [-0.3, -0.25) is 0 Å². The maximum atomic E-state index is 5.74. The van der Waals surface area contributed by atoms with Crippen LogP contribution in [0.4, 0.5) is 5.95 Å². The van der Waals surface area contributed by atoms with Gasteiger partial charge in [0.1, 0.15) is 0 Å². The zero-order valence-electron chi connectivity index (χ0n) is 13.8. The van der Waals surface area contributed by atoms with Crippen molar-refractivity contribution in [1.29, 1.82) is 0 Å². The van der Waals surface area contributed by atoms with Gasteiger partial charge >= 0.3 is 0 Å². The van der Waals surface area contributed by atoms with E-state index >= 15 is 0 Å². The first kappa shape index (κ1) is 16.3. The molecule has 1 unspecified atom stereocenters. The molecule has 1 aromatic rings. The smallest absolute Gasteiger partial charge is 0.266 e. The summed E-state index contributed by atoms with van der Waals surface area (Å²) in [5.41, 5.74) is 6.01. The van der Waals surface area contributed by atoms with Crippen LogP contribution in [0.25, 0.3) is 0 Å². The van der Waals surface area contributed by atoms with E-state index < -0.39 is 0 Å². The Labute approximate surface area is 128 Å². The van der Waals surface area contributed by atoms with Crippen LogP contribution in [0.2, 0.25) is 0 Å². The van der Waals surface area contributed by atoms with Crippen molar-refractivity contribution in [1.82, 2.24) is 10.1 Å². The first-order valence-corrected chi connectivity index (χ1v) is 8.28. The van der Waals surface area contributed by atoms with Crippen molar-refractivity contribution in [2.45, 2.75) is 59.3 Å². The van der Waals surface area contributed by atoms with Gasteiger partial charge in [0, 0.05) is 19.5 Å². The molecule has 2 N–H and O–H groups in total. The summed E-state index contributed by atoms with van der Waals surface area (Å²) in [6.07, 6.45) is 6.73. The number of nitrogens with zero attached hydrogens (tertiary/aromatic N) is 3. The van der Waals surface area contributed by atoms with E-state index in [1.54, 1.807) is 0 Å². The molecule has 1 saturated heterocycles. The van der Waals surface area contributed by atoms with E-state index in [0.29, 0.717) is 5.92 Å². The molecular formula is C16H30N4O. The molecule has 2 heterocycles. The average Bonchev–Trinajstić information content (AvgIpc) is 2.92. The molecule has 0 aliphatic carbocycles. The fourth-order valence-corrected chi connectivity index (χ4v) is 3.08. The first-order valence-electron chi connectivity index (χ1n) is 8.28. The lowest BCUT2D eigenvalue weighted by atomic mass is 9.76.